The quantitative estimate of drug-likeness (QED) is 0.562. The summed E-state index contributed by atoms with van der Waals surface area (Å²) in [4.78, 5) is 21.4. The Balaban J connectivity index is 0.000000706. The molecule has 0 saturated carbocycles. The first-order valence-electron chi connectivity index (χ1n) is 7.58. The summed E-state index contributed by atoms with van der Waals surface area (Å²) in [6, 6.07) is 9.41. The molecule has 0 aliphatic heterocycles. The summed E-state index contributed by atoms with van der Waals surface area (Å²) in [6.45, 7) is 0. The van der Waals surface area contributed by atoms with E-state index in [1.54, 1.807) is 23.6 Å². The van der Waals surface area contributed by atoms with Crippen molar-refractivity contribution in [1.82, 2.24) is 25.2 Å². The molecule has 0 amide bonds. The average molecular weight is 400 g/mol. The number of anilines is 1. The number of tetrazole rings is 1. The van der Waals surface area contributed by atoms with Crippen LogP contribution in [0.15, 0.2) is 48.0 Å². The van der Waals surface area contributed by atoms with E-state index in [-0.39, 0.29) is 23.5 Å². The van der Waals surface area contributed by atoms with E-state index in [2.05, 4.69) is 20.5 Å². The van der Waals surface area contributed by atoms with Gasteiger partial charge in [-0.1, -0.05) is 12.1 Å². The molecule has 2 N–H and O–H groups in total. The van der Waals surface area contributed by atoms with Gasteiger partial charge in [0.2, 0.25) is 0 Å². The third-order valence-corrected chi connectivity index (χ3v) is 4.51. The summed E-state index contributed by atoms with van der Waals surface area (Å²) >= 11 is 1.54. The van der Waals surface area contributed by atoms with Crippen molar-refractivity contribution < 1.29 is 18.4 Å². The molecule has 1 aromatic carbocycles. The molecule has 0 aliphatic rings. The lowest BCUT2D eigenvalue weighted by Gasteiger charge is -2.09. The Morgan fingerprint density at radius 2 is 1.93 bits per heavy atom. The second-order valence-electron chi connectivity index (χ2n) is 5.20. The van der Waals surface area contributed by atoms with Crippen LogP contribution in [-0.4, -0.2) is 31.3 Å². The van der Waals surface area contributed by atoms with Crippen LogP contribution in [0.25, 0.3) is 27.5 Å². The fourth-order valence-corrected chi connectivity index (χ4v) is 3.11. The minimum Gasteiger partial charge on any atom is -0.383 e. The third-order valence-electron chi connectivity index (χ3n) is 3.59. The van der Waals surface area contributed by atoms with E-state index in [1.807, 2.05) is 17.5 Å². The topological polar surface area (TPSA) is 117 Å². The molecular formula is C17H10F2N6O2S. The minimum atomic E-state index is -1.04. The smallest absolute Gasteiger partial charge is 0.373 e. The van der Waals surface area contributed by atoms with Gasteiger partial charge >= 0.3 is 6.15 Å². The third kappa shape index (κ3) is 3.65. The van der Waals surface area contributed by atoms with Crippen LogP contribution < -0.4 is 5.73 Å². The molecule has 28 heavy (non-hydrogen) atoms. The van der Waals surface area contributed by atoms with Gasteiger partial charge in [0.15, 0.2) is 17.5 Å². The van der Waals surface area contributed by atoms with Gasteiger partial charge in [0, 0.05) is 16.6 Å². The van der Waals surface area contributed by atoms with Gasteiger partial charge in [-0.25, -0.2) is 13.8 Å². The number of halogens is 2. The van der Waals surface area contributed by atoms with Crippen LogP contribution in [0, 0.1) is 11.6 Å². The summed E-state index contributed by atoms with van der Waals surface area (Å²) in [5, 5.41) is 13.2. The SMILES string of the molecule is Nc1ncc(-c2cccs2)cc1-c1nnnn1-c1cccc(F)c1F.O=C=O. The van der Waals surface area contributed by atoms with Crippen molar-refractivity contribution in [3.63, 3.8) is 0 Å². The maximum atomic E-state index is 14.1. The van der Waals surface area contributed by atoms with Crippen LogP contribution in [0.4, 0.5) is 14.6 Å². The number of nitrogens with zero attached hydrogens (tertiary/aromatic N) is 5. The van der Waals surface area contributed by atoms with Gasteiger partial charge < -0.3 is 5.73 Å². The monoisotopic (exact) mass is 400 g/mol. The molecule has 8 nitrogen and oxygen atoms in total. The van der Waals surface area contributed by atoms with Crippen molar-refractivity contribution in [2.24, 2.45) is 0 Å². The van der Waals surface area contributed by atoms with E-state index in [0.717, 1.165) is 21.2 Å². The molecule has 0 aliphatic carbocycles. The highest BCUT2D eigenvalue weighted by molar-refractivity contribution is 7.13. The lowest BCUT2D eigenvalue weighted by Crippen LogP contribution is -2.06. The number of benzene rings is 1. The number of hydrogen-bond acceptors (Lipinski definition) is 8. The maximum absolute atomic E-state index is 14.1. The molecule has 0 bridgehead atoms. The van der Waals surface area contributed by atoms with Crippen molar-refractivity contribution in [1.29, 1.82) is 0 Å². The lowest BCUT2D eigenvalue weighted by atomic mass is 10.1. The Kier molecular flexibility index (Phi) is 5.58. The van der Waals surface area contributed by atoms with Crippen molar-refractivity contribution in [2.75, 3.05) is 5.73 Å². The van der Waals surface area contributed by atoms with E-state index >= 15 is 0 Å². The minimum absolute atomic E-state index is 0.110. The Bertz CT molecular complexity index is 1140. The van der Waals surface area contributed by atoms with Crippen molar-refractivity contribution in [2.45, 2.75) is 0 Å². The van der Waals surface area contributed by atoms with Gasteiger partial charge in [-0.2, -0.15) is 14.3 Å². The van der Waals surface area contributed by atoms with Gasteiger partial charge in [-0.15, -0.1) is 16.4 Å². The van der Waals surface area contributed by atoms with Gasteiger partial charge in [0.25, 0.3) is 0 Å². The van der Waals surface area contributed by atoms with Crippen LogP contribution in [0.3, 0.4) is 0 Å². The van der Waals surface area contributed by atoms with E-state index in [9.17, 15) is 8.78 Å². The van der Waals surface area contributed by atoms with E-state index in [4.69, 9.17) is 15.3 Å². The number of hydrogen-bond donors (Lipinski definition) is 1. The summed E-state index contributed by atoms with van der Waals surface area (Å²) in [5.74, 6) is -1.67. The highest BCUT2D eigenvalue weighted by Crippen LogP contribution is 2.31. The molecule has 0 saturated heterocycles. The molecule has 0 atom stereocenters. The number of pyridine rings is 1. The lowest BCUT2D eigenvalue weighted by molar-refractivity contribution is -0.191. The fraction of sp³-hybridized carbons (Fsp3) is 0. The second kappa shape index (κ2) is 8.25. The molecule has 3 aromatic heterocycles. The predicted octanol–water partition coefficient (Wildman–Crippen LogP) is 2.73. The first-order chi connectivity index (χ1) is 13.6. The molecule has 11 heteroatoms. The first-order valence-corrected chi connectivity index (χ1v) is 8.46. The molecule has 3 heterocycles. The van der Waals surface area contributed by atoms with Crippen LogP contribution in [-0.2, 0) is 9.59 Å². The number of carbonyl (C=O) groups excluding carboxylic acids is 2. The second-order valence-corrected chi connectivity index (χ2v) is 6.15. The van der Waals surface area contributed by atoms with Gasteiger partial charge in [-0.3, -0.25) is 0 Å². The van der Waals surface area contributed by atoms with Crippen molar-refractivity contribution in [3.05, 3.63) is 59.6 Å². The van der Waals surface area contributed by atoms with E-state index in [1.165, 1.54) is 12.1 Å². The fourth-order valence-electron chi connectivity index (χ4n) is 2.41. The molecular weight excluding hydrogens is 390 g/mol. The number of rotatable bonds is 3. The van der Waals surface area contributed by atoms with Crippen LogP contribution in [0.2, 0.25) is 0 Å². The molecule has 0 spiro atoms. The highest BCUT2D eigenvalue weighted by Gasteiger charge is 2.19. The zero-order valence-corrected chi connectivity index (χ0v) is 14.7. The van der Waals surface area contributed by atoms with Crippen molar-refractivity contribution in [3.8, 4) is 27.5 Å². The van der Waals surface area contributed by atoms with Gasteiger partial charge in [0.1, 0.15) is 11.5 Å². The summed E-state index contributed by atoms with van der Waals surface area (Å²) in [6.07, 6.45) is 1.89. The Labute approximate surface area is 160 Å². The molecule has 0 unspecified atom stereocenters. The van der Waals surface area contributed by atoms with Crippen LogP contribution in [0.1, 0.15) is 0 Å². The molecule has 0 fully saturated rings. The van der Waals surface area contributed by atoms with Gasteiger partial charge in [0.05, 0.1) is 5.56 Å². The van der Waals surface area contributed by atoms with Crippen LogP contribution in [0.5, 0.6) is 0 Å². The number of thiophene rings is 1. The molecule has 0 radical (unpaired) electrons. The van der Waals surface area contributed by atoms with E-state index in [0.29, 0.717) is 5.56 Å². The Morgan fingerprint density at radius 1 is 1.14 bits per heavy atom. The predicted molar refractivity (Wildman–Crippen MR) is 95.0 cm³/mol. The zero-order chi connectivity index (χ0) is 20.1. The molecule has 4 rings (SSSR count). The number of nitrogens with two attached hydrogens (primary N) is 1. The average Bonchev–Trinajstić information content (AvgIpc) is 3.37. The summed E-state index contributed by atoms with van der Waals surface area (Å²) in [5.41, 5.74) is 7.11. The number of nitrogen functional groups attached to an aromatic ring is 1. The Morgan fingerprint density at radius 3 is 2.64 bits per heavy atom. The molecule has 140 valence electrons. The standard InChI is InChI=1S/C16H10F2N6S.CO2/c17-11-3-1-4-12(14(11)18)24-16(21-22-23-24)10-7-9(8-20-15(10)19)13-5-2-6-25-13;2-1-3/h1-8H,(H2,19,20);. The van der Waals surface area contributed by atoms with Crippen LogP contribution >= 0.6 is 11.3 Å². The largest absolute Gasteiger partial charge is 0.383 e. The molecule has 4 aromatic rings. The Hall–Kier alpha value is -3.82. The summed E-state index contributed by atoms with van der Waals surface area (Å²) < 4.78 is 28.8. The zero-order valence-electron chi connectivity index (χ0n) is 13.9. The summed E-state index contributed by atoms with van der Waals surface area (Å²) in [7, 11) is 0. The van der Waals surface area contributed by atoms with Gasteiger partial charge in [-0.05, 0) is 40.1 Å². The maximum Gasteiger partial charge on any atom is 0.373 e. The first kappa shape index (κ1) is 19.0. The number of aromatic nitrogens is 5. The van der Waals surface area contributed by atoms with E-state index < -0.39 is 11.6 Å². The van der Waals surface area contributed by atoms with Crippen molar-refractivity contribution >= 4 is 23.3 Å². The highest BCUT2D eigenvalue weighted by atomic mass is 32.1. The normalized spacial score (nSPS) is 10.1.